The zero-order valence-electron chi connectivity index (χ0n) is 12.3. The molecular formula is C15H19F3N2O2. The SMILES string of the molecule is CC(=O)NC1CCN(Cc2ccc(OC(F)(F)F)cc2)CC1. The molecule has 0 aliphatic carbocycles. The van der Waals surface area contributed by atoms with E-state index < -0.39 is 6.36 Å². The summed E-state index contributed by atoms with van der Waals surface area (Å²) in [7, 11) is 0. The quantitative estimate of drug-likeness (QED) is 0.928. The maximum absolute atomic E-state index is 12.1. The van der Waals surface area contributed by atoms with Crippen molar-refractivity contribution in [2.45, 2.75) is 38.7 Å². The molecule has 0 bridgehead atoms. The number of rotatable bonds is 4. The first-order chi connectivity index (χ1) is 10.3. The Bertz CT molecular complexity index is 495. The van der Waals surface area contributed by atoms with Crippen molar-refractivity contribution >= 4 is 5.91 Å². The second kappa shape index (κ2) is 7.00. The van der Waals surface area contributed by atoms with Gasteiger partial charge in [-0.15, -0.1) is 13.2 Å². The van der Waals surface area contributed by atoms with Crippen molar-refractivity contribution in [1.29, 1.82) is 0 Å². The van der Waals surface area contributed by atoms with Gasteiger partial charge in [0.1, 0.15) is 5.75 Å². The number of hydrogen-bond acceptors (Lipinski definition) is 3. The van der Waals surface area contributed by atoms with Crippen LogP contribution < -0.4 is 10.1 Å². The third kappa shape index (κ3) is 5.55. The summed E-state index contributed by atoms with van der Waals surface area (Å²) in [5.41, 5.74) is 0.938. The summed E-state index contributed by atoms with van der Waals surface area (Å²) in [6, 6.07) is 6.15. The Morgan fingerprint density at radius 1 is 1.27 bits per heavy atom. The molecule has 1 heterocycles. The van der Waals surface area contributed by atoms with Gasteiger partial charge in [-0.1, -0.05) is 12.1 Å². The Labute approximate surface area is 127 Å². The van der Waals surface area contributed by atoms with Crippen LogP contribution in [-0.2, 0) is 11.3 Å². The minimum atomic E-state index is -4.66. The van der Waals surface area contributed by atoms with Crippen LogP contribution in [0.4, 0.5) is 13.2 Å². The van der Waals surface area contributed by atoms with Crippen molar-refractivity contribution in [1.82, 2.24) is 10.2 Å². The Morgan fingerprint density at radius 3 is 2.36 bits per heavy atom. The monoisotopic (exact) mass is 316 g/mol. The summed E-state index contributed by atoms with van der Waals surface area (Å²) >= 11 is 0. The second-order valence-corrected chi connectivity index (χ2v) is 5.44. The number of piperidine rings is 1. The van der Waals surface area contributed by atoms with Gasteiger partial charge in [0.25, 0.3) is 0 Å². The molecule has 0 unspecified atom stereocenters. The normalized spacial score (nSPS) is 17.3. The fourth-order valence-corrected chi connectivity index (χ4v) is 2.58. The molecule has 2 rings (SSSR count). The van der Waals surface area contributed by atoms with Crippen LogP contribution in [0.25, 0.3) is 0 Å². The molecule has 1 aliphatic heterocycles. The average molecular weight is 316 g/mol. The van der Waals surface area contributed by atoms with Crippen molar-refractivity contribution in [3.63, 3.8) is 0 Å². The number of hydrogen-bond donors (Lipinski definition) is 1. The van der Waals surface area contributed by atoms with Crippen LogP contribution >= 0.6 is 0 Å². The predicted octanol–water partition coefficient (Wildman–Crippen LogP) is 2.69. The zero-order valence-corrected chi connectivity index (χ0v) is 12.3. The topological polar surface area (TPSA) is 41.6 Å². The van der Waals surface area contributed by atoms with E-state index in [1.807, 2.05) is 0 Å². The fourth-order valence-electron chi connectivity index (χ4n) is 2.58. The minimum absolute atomic E-state index is 0.0151. The van der Waals surface area contributed by atoms with E-state index in [0.717, 1.165) is 31.5 Å². The van der Waals surface area contributed by atoms with Gasteiger partial charge in [0.05, 0.1) is 0 Å². The van der Waals surface area contributed by atoms with Crippen LogP contribution in [0.15, 0.2) is 24.3 Å². The van der Waals surface area contributed by atoms with Gasteiger partial charge in [-0.2, -0.15) is 0 Å². The molecule has 0 aromatic heterocycles. The smallest absolute Gasteiger partial charge is 0.406 e. The third-order valence-corrected chi connectivity index (χ3v) is 3.56. The predicted molar refractivity (Wildman–Crippen MR) is 75.2 cm³/mol. The zero-order chi connectivity index (χ0) is 16.2. The second-order valence-electron chi connectivity index (χ2n) is 5.44. The molecule has 22 heavy (non-hydrogen) atoms. The molecule has 0 atom stereocenters. The van der Waals surface area contributed by atoms with E-state index in [9.17, 15) is 18.0 Å². The molecule has 0 radical (unpaired) electrons. The van der Waals surface area contributed by atoms with Crippen LogP contribution in [0.5, 0.6) is 5.75 Å². The molecule has 1 aliphatic rings. The molecule has 0 spiro atoms. The van der Waals surface area contributed by atoms with E-state index in [0.29, 0.717) is 6.54 Å². The molecular weight excluding hydrogens is 297 g/mol. The van der Waals surface area contributed by atoms with Gasteiger partial charge in [-0.25, -0.2) is 0 Å². The highest BCUT2D eigenvalue weighted by atomic mass is 19.4. The fraction of sp³-hybridized carbons (Fsp3) is 0.533. The molecule has 7 heteroatoms. The van der Waals surface area contributed by atoms with Crippen LogP contribution in [-0.4, -0.2) is 36.3 Å². The van der Waals surface area contributed by atoms with E-state index in [4.69, 9.17) is 0 Å². The summed E-state index contributed by atoms with van der Waals surface area (Å²) in [5.74, 6) is -0.223. The number of alkyl halides is 3. The van der Waals surface area contributed by atoms with Crippen molar-refractivity contribution in [3.8, 4) is 5.75 Å². The largest absolute Gasteiger partial charge is 0.573 e. The number of nitrogens with one attached hydrogen (secondary N) is 1. The molecule has 122 valence electrons. The molecule has 1 saturated heterocycles. The number of ether oxygens (including phenoxy) is 1. The molecule has 1 aromatic carbocycles. The van der Waals surface area contributed by atoms with Crippen LogP contribution in [0.2, 0.25) is 0 Å². The minimum Gasteiger partial charge on any atom is -0.406 e. The van der Waals surface area contributed by atoms with Crippen LogP contribution in [0, 0.1) is 0 Å². The summed E-state index contributed by atoms with van der Waals surface area (Å²) in [6.45, 7) is 3.90. The van der Waals surface area contributed by atoms with Gasteiger partial charge in [-0.05, 0) is 30.5 Å². The molecule has 1 N–H and O–H groups in total. The van der Waals surface area contributed by atoms with Crippen molar-refractivity contribution in [2.24, 2.45) is 0 Å². The van der Waals surface area contributed by atoms with Crippen LogP contribution in [0.1, 0.15) is 25.3 Å². The molecule has 4 nitrogen and oxygen atoms in total. The number of halogens is 3. The Balaban J connectivity index is 1.81. The van der Waals surface area contributed by atoms with E-state index in [2.05, 4.69) is 15.0 Å². The maximum atomic E-state index is 12.1. The maximum Gasteiger partial charge on any atom is 0.573 e. The summed E-state index contributed by atoms with van der Waals surface area (Å²) in [4.78, 5) is 13.2. The van der Waals surface area contributed by atoms with Gasteiger partial charge in [0.2, 0.25) is 5.91 Å². The van der Waals surface area contributed by atoms with Crippen molar-refractivity contribution < 1.29 is 22.7 Å². The first-order valence-corrected chi connectivity index (χ1v) is 7.16. The number of carbonyl (C=O) groups is 1. The van der Waals surface area contributed by atoms with E-state index in [-0.39, 0.29) is 17.7 Å². The van der Waals surface area contributed by atoms with E-state index >= 15 is 0 Å². The van der Waals surface area contributed by atoms with Gasteiger partial charge in [0, 0.05) is 32.6 Å². The first kappa shape index (κ1) is 16.6. The summed E-state index contributed by atoms with van der Waals surface area (Å²) in [6.07, 6.45) is -2.89. The lowest BCUT2D eigenvalue weighted by atomic mass is 10.0. The lowest BCUT2D eigenvalue weighted by Gasteiger charge is -2.32. The number of likely N-dealkylation sites (tertiary alicyclic amines) is 1. The summed E-state index contributed by atoms with van der Waals surface area (Å²) < 4.78 is 40.1. The average Bonchev–Trinajstić information content (AvgIpc) is 2.41. The van der Waals surface area contributed by atoms with E-state index in [1.54, 1.807) is 12.1 Å². The van der Waals surface area contributed by atoms with E-state index in [1.165, 1.54) is 19.1 Å². The highest BCUT2D eigenvalue weighted by Crippen LogP contribution is 2.23. The van der Waals surface area contributed by atoms with Crippen molar-refractivity contribution in [2.75, 3.05) is 13.1 Å². The third-order valence-electron chi connectivity index (χ3n) is 3.56. The number of amides is 1. The highest BCUT2D eigenvalue weighted by molar-refractivity contribution is 5.73. The lowest BCUT2D eigenvalue weighted by Crippen LogP contribution is -2.43. The molecule has 1 aromatic rings. The first-order valence-electron chi connectivity index (χ1n) is 7.16. The Hall–Kier alpha value is -1.76. The number of benzene rings is 1. The van der Waals surface area contributed by atoms with Gasteiger partial charge in [-0.3, -0.25) is 9.69 Å². The van der Waals surface area contributed by atoms with Gasteiger partial charge in [0.15, 0.2) is 0 Å². The number of carbonyl (C=O) groups excluding carboxylic acids is 1. The van der Waals surface area contributed by atoms with Crippen molar-refractivity contribution in [3.05, 3.63) is 29.8 Å². The Kier molecular flexibility index (Phi) is 5.28. The lowest BCUT2D eigenvalue weighted by molar-refractivity contribution is -0.274. The molecule has 1 fully saturated rings. The van der Waals surface area contributed by atoms with Crippen LogP contribution in [0.3, 0.4) is 0 Å². The Morgan fingerprint density at radius 2 is 1.86 bits per heavy atom. The molecule has 1 amide bonds. The summed E-state index contributed by atoms with van der Waals surface area (Å²) in [5, 5.41) is 2.91. The standard InChI is InChI=1S/C15H19F3N2O2/c1-11(21)19-13-6-8-20(9-7-13)10-12-2-4-14(5-3-12)22-15(16,17)18/h2-5,13H,6-10H2,1H3,(H,19,21). The number of nitrogens with zero attached hydrogens (tertiary/aromatic N) is 1. The van der Waals surface area contributed by atoms with Gasteiger partial charge >= 0.3 is 6.36 Å². The van der Waals surface area contributed by atoms with Gasteiger partial charge < -0.3 is 10.1 Å². The molecule has 0 saturated carbocycles. The highest BCUT2D eigenvalue weighted by Gasteiger charge is 2.31.